The Labute approximate surface area is 108 Å². The minimum atomic E-state index is -0.223. The average molecular weight is 251 g/mol. The molecule has 0 amide bonds. The zero-order chi connectivity index (χ0) is 13.5. The fourth-order valence-electron chi connectivity index (χ4n) is 1.98. The van der Waals surface area contributed by atoms with Gasteiger partial charge >= 0.3 is 5.97 Å². The van der Waals surface area contributed by atoms with Crippen LogP contribution in [-0.4, -0.2) is 26.2 Å². The Morgan fingerprint density at radius 1 is 1.28 bits per heavy atom. The molecule has 1 rings (SSSR count). The van der Waals surface area contributed by atoms with Gasteiger partial charge in [-0.1, -0.05) is 12.1 Å². The summed E-state index contributed by atoms with van der Waals surface area (Å²) in [7, 11) is 1.67. The van der Waals surface area contributed by atoms with Crippen molar-refractivity contribution in [2.24, 2.45) is 0 Å². The number of aryl methyl sites for hydroxylation is 2. The molecular formula is C14H21NO3. The molecule has 0 atom stereocenters. The third kappa shape index (κ3) is 4.04. The number of nitrogens with one attached hydrogen (secondary N) is 1. The van der Waals surface area contributed by atoms with Crippen LogP contribution < -0.4 is 10.1 Å². The maximum atomic E-state index is 11.2. The number of esters is 1. The van der Waals surface area contributed by atoms with Crippen LogP contribution in [0, 0.1) is 13.8 Å². The lowest BCUT2D eigenvalue weighted by Gasteiger charge is -2.11. The number of carbonyl (C=O) groups is 1. The Kier molecular flexibility index (Phi) is 5.65. The Bertz CT molecular complexity index is 392. The molecule has 100 valence electrons. The minimum Gasteiger partial charge on any atom is -0.496 e. The molecule has 1 aromatic carbocycles. The van der Waals surface area contributed by atoms with Gasteiger partial charge in [0.05, 0.1) is 20.3 Å². The van der Waals surface area contributed by atoms with E-state index in [0.717, 1.165) is 22.4 Å². The third-order valence-electron chi connectivity index (χ3n) is 2.63. The Morgan fingerprint density at radius 3 is 2.39 bits per heavy atom. The van der Waals surface area contributed by atoms with Gasteiger partial charge in [-0.2, -0.15) is 0 Å². The van der Waals surface area contributed by atoms with E-state index in [1.807, 2.05) is 13.8 Å². The number of methoxy groups -OCH3 is 1. The topological polar surface area (TPSA) is 47.6 Å². The predicted molar refractivity (Wildman–Crippen MR) is 70.8 cm³/mol. The third-order valence-corrected chi connectivity index (χ3v) is 2.63. The highest BCUT2D eigenvalue weighted by molar-refractivity contribution is 5.71. The lowest BCUT2D eigenvalue weighted by Crippen LogP contribution is -2.24. The summed E-state index contributed by atoms with van der Waals surface area (Å²) in [6.07, 6.45) is 0. The van der Waals surface area contributed by atoms with Gasteiger partial charge in [0.2, 0.25) is 0 Å². The normalized spacial score (nSPS) is 10.2. The molecule has 1 N–H and O–H groups in total. The lowest BCUT2D eigenvalue weighted by atomic mass is 10.1. The predicted octanol–water partition coefficient (Wildman–Crippen LogP) is 1.96. The molecule has 18 heavy (non-hydrogen) atoms. The average Bonchev–Trinajstić information content (AvgIpc) is 2.29. The van der Waals surface area contributed by atoms with Crippen molar-refractivity contribution in [1.29, 1.82) is 0 Å². The maximum absolute atomic E-state index is 11.2. The van der Waals surface area contributed by atoms with E-state index < -0.39 is 0 Å². The molecule has 0 aliphatic rings. The first-order chi connectivity index (χ1) is 8.58. The molecule has 0 aromatic heterocycles. The van der Waals surface area contributed by atoms with Crippen molar-refractivity contribution in [2.45, 2.75) is 27.3 Å². The standard InChI is InChI=1S/C14H21NO3/c1-5-18-13(16)9-15-8-12-6-10(2)14(17-4)11(3)7-12/h6-7,15H,5,8-9H2,1-4H3. The number of hydrogen-bond acceptors (Lipinski definition) is 4. The van der Waals surface area contributed by atoms with Crippen molar-refractivity contribution in [2.75, 3.05) is 20.3 Å². The first-order valence-corrected chi connectivity index (χ1v) is 6.09. The molecule has 0 radical (unpaired) electrons. The summed E-state index contributed by atoms with van der Waals surface area (Å²) < 4.78 is 10.2. The van der Waals surface area contributed by atoms with E-state index in [0.29, 0.717) is 13.2 Å². The molecule has 4 heteroatoms. The first-order valence-electron chi connectivity index (χ1n) is 6.09. The monoisotopic (exact) mass is 251 g/mol. The number of benzene rings is 1. The highest BCUT2D eigenvalue weighted by Crippen LogP contribution is 2.24. The van der Waals surface area contributed by atoms with Crippen LogP contribution in [-0.2, 0) is 16.1 Å². The van der Waals surface area contributed by atoms with Crippen LogP contribution in [0.1, 0.15) is 23.6 Å². The van der Waals surface area contributed by atoms with Gasteiger partial charge in [0.1, 0.15) is 5.75 Å². The number of rotatable bonds is 6. The Morgan fingerprint density at radius 2 is 1.89 bits per heavy atom. The van der Waals surface area contributed by atoms with Crippen LogP contribution >= 0.6 is 0 Å². The van der Waals surface area contributed by atoms with E-state index in [1.54, 1.807) is 14.0 Å². The van der Waals surface area contributed by atoms with E-state index in [9.17, 15) is 4.79 Å². The van der Waals surface area contributed by atoms with Gasteiger partial charge < -0.3 is 14.8 Å². The molecule has 0 heterocycles. The molecule has 0 spiro atoms. The molecule has 1 aromatic rings. The summed E-state index contributed by atoms with van der Waals surface area (Å²) in [5.41, 5.74) is 3.34. The van der Waals surface area contributed by atoms with E-state index in [-0.39, 0.29) is 12.5 Å². The Hall–Kier alpha value is -1.55. The summed E-state index contributed by atoms with van der Waals surface area (Å²) in [4.78, 5) is 11.2. The van der Waals surface area contributed by atoms with Gasteiger partial charge in [0, 0.05) is 6.54 Å². The highest BCUT2D eigenvalue weighted by atomic mass is 16.5. The second kappa shape index (κ2) is 7.01. The van der Waals surface area contributed by atoms with Crippen LogP contribution in [0.3, 0.4) is 0 Å². The van der Waals surface area contributed by atoms with Gasteiger partial charge in [-0.15, -0.1) is 0 Å². The van der Waals surface area contributed by atoms with Crippen LogP contribution in [0.4, 0.5) is 0 Å². The summed E-state index contributed by atoms with van der Waals surface area (Å²) in [5, 5.41) is 3.06. The summed E-state index contributed by atoms with van der Waals surface area (Å²) in [5.74, 6) is 0.698. The van der Waals surface area contributed by atoms with Gasteiger partial charge in [-0.25, -0.2) is 0 Å². The number of ether oxygens (including phenoxy) is 2. The van der Waals surface area contributed by atoms with Crippen molar-refractivity contribution >= 4 is 5.97 Å². The lowest BCUT2D eigenvalue weighted by molar-refractivity contribution is -0.142. The van der Waals surface area contributed by atoms with Crippen molar-refractivity contribution in [1.82, 2.24) is 5.32 Å². The molecule has 0 unspecified atom stereocenters. The van der Waals surface area contributed by atoms with E-state index in [4.69, 9.17) is 9.47 Å². The fourth-order valence-corrected chi connectivity index (χ4v) is 1.98. The summed E-state index contributed by atoms with van der Waals surface area (Å²) in [6.45, 7) is 7.12. The van der Waals surface area contributed by atoms with E-state index in [2.05, 4.69) is 17.4 Å². The zero-order valence-corrected chi connectivity index (χ0v) is 11.5. The SMILES string of the molecule is CCOC(=O)CNCc1cc(C)c(OC)c(C)c1. The van der Waals surface area contributed by atoms with Crippen molar-refractivity contribution < 1.29 is 14.3 Å². The van der Waals surface area contributed by atoms with Crippen molar-refractivity contribution in [3.8, 4) is 5.75 Å². The van der Waals surface area contributed by atoms with E-state index >= 15 is 0 Å². The van der Waals surface area contributed by atoms with Gasteiger partial charge in [-0.3, -0.25) is 4.79 Å². The zero-order valence-electron chi connectivity index (χ0n) is 11.5. The molecule has 0 fully saturated rings. The molecule has 4 nitrogen and oxygen atoms in total. The molecule has 0 aliphatic heterocycles. The van der Waals surface area contributed by atoms with Crippen LogP contribution in [0.15, 0.2) is 12.1 Å². The first kappa shape index (κ1) is 14.5. The largest absolute Gasteiger partial charge is 0.496 e. The summed E-state index contributed by atoms with van der Waals surface area (Å²) >= 11 is 0. The van der Waals surface area contributed by atoms with Crippen LogP contribution in [0.25, 0.3) is 0 Å². The quantitative estimate of drug-likeness (QED) is 0.785. The van der Waals surface area contributed by atoms with Gasteiger partial charge in [0.25, 0.3) is 0 Å². The minimum absolute atomic E-state index is 0.223. The highest BCUT2D eigenvalue weighted by Gasteiger charge is 2.06. The summed E-state index contributed by atoms with van der Waals surface area (Å²) in [6, 6.07) is 4.12. The fraction of sp³-hybridized carbons (Fsp3) is 0.500. The number of carbonyl (C=O) groups excluding carboxylic acids is 1. The molecule has 0 bridgehead atoms. The van der Waals surface area contributed by atoms with Crippen LogP contribution in [0.5, 0.6) is 5.75 Å². The van der Waals surface area contributed by atoms with Crippen LogP contribution in [0.2, 0.25) is 0 Å². The van der Waals surface area contributed by atoms with E-state index in [1.165, 1.54) is 0 Å². The van der Waals surface area contributed by atoms with Gasteiger partial charge in [-0.05, 0) is 37.5 Å². The second-order valence-electron chi connectivity index (χ2n) is 4.17. The molecule has 0 saturated carbocycles. The van der Waals surface area contributed by atoms with Crippen molar-refractivity contribution in [3.05, 3.63) is 28.8 Å². The molecule has 0 aliphatic carbocycles. The number of hydrogen-bond donors (Lipinski definition) is 1. The maximum Gasteiger partial charge on any atom is 0.319 e. The Balaban J connectivity index is 2.56. The molecular weight excluding hydrogens is 230 g/mol. The molecule has 0 saturated heterocycles. The van der Waals surface area contributed by atoms with Gasteiger partial charge in [0.15, 0.2) is 0 Å². The van der Waals surface area contributed by atoms with Crippen molar-refractivity contribution in [3.63, 3.8) is 0 Å². The second-order valence-corrected chi connectivity index (χ2v) is 4.17. The smallest absolute Gasteiger partial charge is 0.319 e.